The number of allylic oxidation sites excluding steroid dienone is 4. The lowest BCUT2D eigenvalue weighted by Gasteiger charge is -2.50. The van der Waals surface area contributed by atoms with Crippen LogP contribution in [0.4, 0.5) is 10.5 Å². The number of amides is 1. The van der Waals surface area contributed by atoms with Gasteiger partial charge in [-0.05, 0) is 98.0 Å². The molecule has 3 fully saturated rings. The van der Waals surface area contributed by atoms with Crippen LogP contribution in [0.2, 0.25) is 23.2 Å². The SMILES string of the molecule is CCC1OC2(CCC1C)CC1CC(C/C=C(\C)CC(C)/C=C/C=C3\COC4C(O[Si](C)(C)C(C)(C)C)C(COC(=O)Nc5ccc(Cl)cc5)=CC(C(=O)O1)C34O)O2. The molecule has 2 bridgehead atoms. The number of rotatable bonds is 6. The molecule has 314 valence electrons. The Morgan fingerprint density at radius 1 is 1.12 bits per heavy atom. The maximum Gasteiger partial charge on any atom is 0.411 e. The summed E-state index contributed by atoms with van der Waals surface area (Å²) in [5, 5.41) is 16.2. The summed E-state index contributed by atoms with van der Waals surface area (Å²) in [6.45, 7) is 19.2. The van der Waals surface area contributed by atoms with E-state index >= 15 is 0 Å². The van der Waals surface area contributed by atoms with Crippen LogP contribution in [-0.4, -0.2) is 80.6 Å². The van der Waals surface area contributed by atoms with Crippen molar-refractivity contribution in [2.45, 2.75) is 153 Å². The number of carbonyl (C=O) groups is 2. The van der Waals surface area contributed by atoms with Gasteiger partial charge in [-0.15, -0.1) is 0 Å². The molecule has 1 spiro atoms. The number of anilines is 1. The standard InChI is InChI=1S/C45H64ClNO9Si/c1-10-38-30(4)20-21-44(55-38)25-36-24-35(54-44)19-14-29(3)22-28(2)12-11-13-32-27-51-40-39(56-57(8,9)43(5,6)7)31(23-37(41(48)53-36)45(32,40)50)26-52-42(49)47-34-17-15-33(46)16-18-34/h11-18,23,28,30,35-40,50H,10,19-22,24-27H2,1-9H3,(H,47,49)/b12-11+,29-14+,32-13+. The van der Waals surface area contributed by atoms with E-state index in [4.69, 9.17) is 39.7 Å². The van der Waals surface area contributed by atoms with Crippen LogP contribution in [0.5, 0.6) is 0 Å². The van der Waals surface area contributed by atoms with Gasteiger partial charge in [-0.2, -0.15) is 0 Å². The molecule has 57 heavy (non-hydrogen) atoms. The van der Waals surface area contributed by atoms with E-state index in [1.807, 2.05) is 12.2 Å². The quantitative estimate of drug-likeness (QED) is 0.164. The van der Waals surface area contributed by atoms with E-state index in [-0.39, 0.29) is 36.4 Å². The first-order chi connectivity index (χ1) is 26.8. The zero-order chi connectivity index (χ0) is 41.3. The van der Waals surface area contributed by atoms with E-state index in [0.717, 1.165) is 19.3 Å². The van der Waals surface area contributed by atoms with Gasteiger partial charge in [-0.1, -0.05) is 89.1 Å². The molecule has 6 rings (SSSR count). The number of aliphatic hydroxyl groups is 1. The lowest BCUT2D eigenvalue weighted by Crippen LogP contribution is -2.61. The van der Waals surface area contributed by atoms with E-state index in [2.05, 4.69) is 79.0 Å². The van der Waals surface area contributed by atoms with Crippen molar-refractivity contribution in [2.24, 2.45) is 17.8 Å². The molecule has 0 radical (unpaired) electrons. The van der Waals surface area contributed by atoms with Crippen molar-refractivity contribution in [2.75, 3.05) is 18.5 Å². The molecule has 1 amide bonds. The van der Waals surface area contributed by atoms with Gasteiger partial charge in [-0.3, -0.25) is 10.1 Å². The summed E-state index contributed by atoms with van der Waals surface area (Å²) in [7, 11) is -2.53. The number of ether oxygens (including phenoxy) is 5. The minimum absolute atomic E-state index is 0.0417. The minimum Gasteiger partial charge on any atom is -0.462 e. The summed E-state index contributed by atoms with van der Waals surface area (Å²) in [5.41, 5.74) is 1.07. The molecular weight excluding hydrogens is 762 g/mol. The normalized spacial score (nSPS) is 37.5. The van der Waals surface area contributed by atoms with Gasteiger partial charge < -0.3 is 33.2 Å². The van der Waals surface area contributed by atoms with Gasteiger partial charge in [0, 0.05) is 30.0 Å². The van der Waals surface area contributed by atoms with E-state index < -0.39 is 56.0 Å². The lowest BCUT2D eigenvalue weighted by atomic mass is 9.70. The van der Waals surface area contributed by atoms with E-state index in [1.165, 1.54) is 5.57 Å². The van der Waals surface area contributed by atoms with Crippen molar-refractivity contribution in [1.29, 1.82) is 0 Å². The zero-order valence-corrected chi connectivity index (χ0v) is 37.0. The number of carbonyl (C=O) groups excluding carboxylic acids is 2. The van der Waals surface area contributed by atoms with Crippen LogP contribution in [0, 0.1) is 17.8 Å². The Morgan fingerprint density at radius 2 is 1.86 bits per heavy atom. The number of fused-ring (bicyclic) bond motifs is 2. The van der Waals surface area contributed by atoms with Gasteiger partial charge in [0.1, 0.15) is 30.3 Å². The number of hydrogen-bond acceptors (Lipinski definition) is 9. The number of nitrogens with one attached hydrogen (secondary N) is 1. The molecule has 2 N–H and O–H groups in total. The summed E-state index contributed by atoms with van der Waals surface area (Å²) in [6.07, 6.45) is 11.7. The highest BCUT2D eigenvalue weighted by Gasteiger charge is 2.62. The number of halogens is 1. The molecule has 4 heterocycles. The van der Waals surface area contributed by atoms with E-state index in [0.29, 0.717) is 53.5 Å². The van der Waals surface area contributed by atoms with Crippen LogP contribution >= 0.6 is 11.6 Å². The third-order valence-corrected chi connectivity index (χ3v) is 17.7. The fraction of sp³-hybridized carbons (Fsp3) is 0.644. The fourth-order valence-corrected chi connectivity index (χ4v) is 10.1. The molecule has 10 atom stereocenters. The molecule has 12 heteroatoms. The first kappa shape index (κ1) is 43.8. The van der Waals surface area contributed by atoms with Gasteiger partial charge in [0.05, 0.1) is 24.9 Å². The molecule has 1 aliphatic carbocycles. The zero-order valence-electron chi connectivity index (χ0n) is 35.3. The first-order valence-electron chi connectivity index (χ1n) is 20.8. The van der Waals surface area contributed by atoms with E-state index in [1.54, 1.807) is 30.3 Å². The summed E-state index contributed by atoms with van der Waals surface area (Å²) in [4.78, 5) is 28.0. The second-order valence-electron chi connectivity index (χ2n) is 18.6. The van der Waals surface area contributed by atoms with E-state index in [9.17, 15) is 14.7 Å². The second kappa shape index (κ2) is 17.4. The third-order valence-electron chi connectivity index (χ3n) is 13.0. The maximum absolute atomic E-state index is 14.8. The Bertz CT molecular complexity index is 1750. The Hall–Kier alpha value is -2.77. The van der Waals surface area contributed by atoms with Gasteiger partial charge in [0.15, 0.2) is 14.1 Å². The molecule has 0 aromatic heterocycles. The van der Waals surface area contributed by atoms with Crippen molar-refractivity contribution in [1.82, 2.24) is 0 Å². The average molecular weight is 827 g/mol. The molecule has 5 aliphatic rings. The molecule has 1 aromatic carbocycles. The Morgan fingerprint density at radius 3 is 2.56 bits per heavy atom. The molecule has 0 saturated carbocycles. The third kappa shape index (κ3) is 9.83. The second-order valence-corrected chi connectivity index (χ2v) is 23.7. The van der Waals surface area contributed by atoms with Crippen LogP contribution < -0.4 is 5.32 Å². The Balaban J connectivity index is 1.39. The Labute approximate surface area is 345 Å². The Kier molecular flexibility index (Phi) is 13.4. The van der Waals surface area contributed by atoms with Gasteiger partial charge in [0.2, 0.25) is 0 Å². The molecule has 4 aliphatic heterocycles. The van der Waals surface area contributed by atoms with Crippen molar-refractivity contribution in [3.05, 3.63) is 76.4 Å². The van der Waals surface area contributed by atoms with Crippen LogP contribution in [0.15, 0.2) is 71.4 Å². The topological polar surface area (TPSA) is 122 Å². The smallest absolute Gasteiger partial charge is 0.411 e. The summed E-state index contributed by atoms with van der Waals surface area (Å²) < 4.78 is 39.5. The predicted octanol–water partition coefficient (Wildman–Crippen LogP) is 9.84. The number of hydrogen-bond donors (Lipinski definition) is 2. The van der Waals surface area contributed by atoms with Crippen LogP contribution in [-0.2, 0) is 32.9 Å². The van der Waals surface area contributed by atoms with Crippen molar-refractivity contribution >= 4 is 37.7 Å². The summed E-state index contributed by atoms with van der Waals surface area (Å²) in [5.74, 6) is -2.01. The highest BCUT2D eigenvalue weighted by atomic mass is 35.5. The van der Waals surface area contributed by atoms with Gasteiger partial charge in [-0.25, -0.2) is 4.79 Å². The summed E-state index contributed by atoms with van der Waals surface area (Å²) >= 11 is 6.05. The average Bonchev–Trinajstić information content (AvgIpc) is 3.47. The largest absolute Gasteiger partial charge is 0.462 e. The van der Waals surface area contributed by atoms with Crippen molar-refractivity contribution < 1.29 is 42.8 Å². The van der Waals surface area contributed by atoms with Crippen LogP contribution in [0.1, 0.15) is 93.4 Å². The van der Waals surface area contributed by atoms with Gasteiger partial charge >= 0.3 is 12.1 Å². The summed E-state index contributed by atoms with van der Waals surface area (Å²) in [6, 6.07) is 6.71. The monoisotopic (exact) mass is 825 g/mol. The first-order valence-corrected chi connectivity index (χ1v) is 24.1. The minimum atomic E-state index is -2.53. The number of esters is 1. The predicted molar refractivity (Wildman–Crippen MR) is 224 cm³/mol. The highest BCUT2D eigenvalue weighted by Crippen LogP contribution is 2.50. The molecule has 3 saturated heterocycles. The van der Waals surface area contributed by atoms with Gasteiger partial charge in [0.25, 0.3) is 0 Å². The molecule has 10 nitrogen and oxygen atoms in total. The number of benzene rings is 1. The highest BCUT2D eigenvalue weighted by molar-refractivity contribution is 6.74. The van der Waals surface area contributed by atoms with Crippen LogP contribution in [0.25, 0.3) is 0 Å². The van der Waals surface area contributed by atoms with Crippen LogP contribution in [0.3, 0.4) is 0 Å². The molecule has 1 aromatic rings. The molecular formula is C45H64ClNO9Si. The molecule has 10 unspecified atom stereocenters. The fourth-order valence-electron chi connectivity index (χ4n) is 8.71. The van der Waals surface area contributed by atoms with Crippen molar-refractivity contribution in [3.8, 4) is 0 Å². The maximum atomic E-state index is 14.8. The van der Waals surface area contributed by atoms with Crippen molar-refractivity contribution in [3.63, 3.8) is 0 Å². The lowest BCUT2D eigenvalue weighted by molar-refractivity contribution is -0.335.